The zero-order valence-corrected chi connectivity index (χ0v) is 23.0. The van der Waals surface area contributed by atoms with Gasteiger partial charge in [0.2, 0.25) is 0 Å². The number of unbranched alkanes of at least 4 members (excludes halogenated alkanes) is 1. The molecule has 5 heteroatoms. The average Bonchev–Trinajstić information content (AvgIpc) is 3.00. The average molecular weight is 526 g/mol. The van der Waals surface area contributed by atoms with Crippen molar-refractivity contribution in [1.82, 2.24) is 5.32 Å². The van der Waals surface area contributed by atoms with Crippen molar-refractivity contribution in [1.29, 1.82) is 0 Å². The number of methoxy groups -OCH3 is 2. The van der Waals surface area contributed by atoms with Crippen LogP contribution in [0, 0.1) is 0 Å². The third-order valence-electron chi connectivity index (χ3n) is 7.56. The van der Waals surface area contributed by atoms with Crippen LogP contribution in [0.25, 0.3) is 10.8 Å². The van der Waals surface area contributed by atoms with E-state index in [0.717, 1.165) is 78.8 Å². The fraction of sp³-hybridized carbons (Fsp3) is 0.353. The summed E-state index contributed by atoms with van der Waals surface area (Å²) in [7, 11) is 3.42. The summed E-state index contributed by atoms with van der Waals surface area (Å²) in [4.78, 5) is 0. The van der Waals surface area contributed by atoms with E-state index in [1.807, 2.05) is 18.2 Å². The van der Waals surface area contributed by atoms with E-state index in [9.17, 15) is 0 Å². The molecule has 0 aromatic heterocycles. The molecule has 5 rings (SSSR count). The summed E-state index contributed by atoms with van der Waals surface area (Å²) in [5, 5.41) is 5.66. The summed E-state index contributed by atoms with van der Waals surface area (Å²) in [6, 6.07) is 29.4. The number of piperidine rings is 1. The van der Waals surface area contributed by atoms with E-state index in [1.54, 1.807) is 14.2 Å². The van der Waals surface area contributed by atoms with Gasteiger partial charge in [0, 0.05) is 22.3 Å². The zero-order chi connectivity index (χ0) is 26.9. The van der Waals surface area contributed by atoms with Crippen molar-refractivity contribution in [3.8, 4) is 17.2 Å². The highest BCUT2D eigenvalue weighted by Crippen LogP contribution is 2.38. The van der Waals surface area contributed by atoms with Crippen LogP contribution in [0.3, 0.4) is 0 Å². The normalized spacial score (nSPS) is 17.2. The van der Waals surface area contributed by atoms with Gasteiger partial charge < -0.3 is 18.9 Å². The number of nitrogens with one attached hydrogen (secondary N) is 1. The molecule has 204 valence electrons. The molecule has 1 aliphatic rings. The third kappa shape index (κ3) is 6.73. The van der Waals surface area contributed by atoms with Crippen molar-refractivity contribution in [2.24, 2.45) is 0 Å². The van der Waals surface area contributed by atoms with Gasteiger partial charge in [-0.15, -0.1) is 0 Å². The molecule has 1 saturated heterocycles. The highest BCUT2D eigenvalue weighted by atomic mass is 16.5. The Bertz CT molecular complexity index is 1320. The fourth-order valence-electron chi connectivity index (χ4n) is 5.52. The van der Waals surface area contributed by atoms with E-state index in [0.29, 0.717) is 6.61 Å². The first-order chi connectivity index (χ1) is 19.3. The molecule has 4 aromatic carbocycles. The maximum atomic E-state index is 6.51. The Labute approximate surface area is 232 Å². The highest BCUT2D eigenvalue weighted by Gasteiger charge is 2.27. The van der Waals surface area contributed by atoms with Gasteiger partial charge in [0.15, 0.2) is 0 Å². The standard InChI is InChI=1S/C34H39NO4/c1-36-32-23-27(33(37-2)31-15-7-6-14-30(31)32)24-39-34-29(16-10-21-35-34)26-17-19-28(20-18-26)38-22-9-8-13-25-11-4-3-5-12-25/h3-7,11-12,14-15,17-20,23,29,34-35H,8-10,13,16,21-22,24H2,1-2H3. The predicted octanol–water partition coefficient (Wildman–Crippen LogP) is 7.27. The van der Waals surface area contributed by atoms with Crippen LogP contribution in [-0.4, -0.2) is 33.6 Å². The van der Waals surface area contributed by atoms with Crippen LogP contribution in [-0.2, 0) is 17.8 Å². The largest absolute Gasteiger partial charge is 0.496 e. The van der Waals surface area contributed by atoms with E-state index >= 15 is 0 Å². The van der Waals surface area contributed by atoms with E-state index in [4.69, 9.17) is 18.9 Å². The van der Waals surface area contributed by atoms with Crippen molar-refractivity contribution in [3.63, 3.8) is 0 Å². The minimum atomic E-state index is -0.0781. The third-order valence-corrected chi connectivity index (χ3v) is 7.56. The van der Waals surface area contributed by atoms with Crippen LogP contribution in [0.2, 0.25) is 0 Å². The lowest BCUT2D eigenvalue weighted by Gasteiger charge is -2.33. The van der Waals surface area contributed by atoms with Crippen LogP contribution >= 0.6 is 0 Å². The van der Waals surface area contributed by atoms with Gasteiger partial charge in [-0.3, -0.25) is 5.32 Å². The molecule has 0 radical (unpaired) electrons. The molecule has 1 fully saturated rings. The van der Waals surface area contributed by atoms with Crippen molar-refractivity contribution in [2.75, 3.05) is 27.4 Å². The number of hydrogen-bond donors (Lipinski definition) is 1. The Hall–Kier alpha value is -3.54. The Morgan fingerprint density at radius 2 is 1.59 bits per heavy atom. The van der Waals surface area contributed by atoms with E-state index in [1.165, 1.54) is 11.1 Å². The maximum absolute atomic E-state index is 6.51. The zero-order valence-electron chi connectivity index (χ0n) is 23.0. The van der Waals surface area contributed by atoms with Crippen LogP contribution < -0.4 is 19.5 Å². The second kappa shape index (κ2) is 13.5. The molecule has 1 heterocycles. The lowest BCUT2D eigenvalue weighted by atomic mass is 9.90. The molecule has 4 aromatic rings. The minimum Gasteiger partial charge on any atom is -0.496 e. The van der Waals surface area contributed by atoms with Gasteiger partial charge in [-0.05, 0) is 68.0 Å². The first kappa shape index (κ1) is 27.0. The van der Waals surface area contributed by atoms with Gasteiger partial charge in [-0.25, -0.2) is 0 Å². The topological polar surface area (TPSA) is 49.0 Å². The molecule has 0 spiro atoms. The number of fused-ring (bicyclic) bond motifs is 1. The summed E-state index contributed by atoms with van der Waals surface area (Å²) < 4.78 is 24.0. The molecule has 39 heavy (non-hydrogen) atoms. The van der Waals surface area contributed by atoms with Crippen LogP contribution in [0.1, 0.15) is 48.3 Å². The Kier molecular flexibility index (Phi) is 9.36. The lowest BCUT2D eigenvalue weighted by Crippen LogP contribution is -2.41. The van der Waals surface area contributed by atoms with Crippen LogP contribution in [0.4, 0.5) is 0 Å². The number of hydrogen-bond acceptors (Lipinski definition) is 5. The molecular weight excluding hydrogens is 486 g/mol. The van der Waals surface area contributed by atoms with Gasteiger partial charge in [0.05, 0.1) is 27.4 Å². The molecular formula is C34H39NO4. The highest BCUT2D eigenvalue weighted by molar-refractivity contribution is 5.94. The van der Waals surface area contributed by atoms with Gasteiger partial charge >= 0.3 is 0 Å². The van der Waals surface area contributed by atoms with E-state index < -0.39 is 0 Å². The van der Waals surface area contributed by atoms with Crippen molar-refractivity contribution >= 4 is 10.8 Å². The Morgan fingerprint density at radius 3 is 2.36 bits per heavy atom. The number of rotatable bonds is 12. The number of aryl methyl sites for hydroxylation is 1. The molecule has 0 bridgehead atoms. The lowest BCUT2D eigenvalue weighted by molar-refractivity contribution is -0.0142. The first-order valence-electron chi connectivity index (χ1n) is 14.0. The second-order valence-corrected chi connectivity index (χ2v) is 10.1. The van der Waals surface area contributed by atoms with Gasteiger partial charge in [0.1, 0.15) is 23.5 Å². The second-order valence-electron chi connectivity index (χ2n) is 10.1. The molecule has 1 aliphatic heterocycles. The minimum absolute atomic E-state index is 0.0781. The van der Waals surface area contributed by atoms with Gasteiger partial charge in [0.25, 0.3) is 0 Å². The Morgan fingerprint density at radius 1 is 0.821 bits per heavy atom. The van der Waals surface area contributed by atoms with Crippen LogP contribution in [0.5, 0.6) is 17.2 Å². The fourth-order valence-corrected chi connectivity index (χ4v) is 5.52. The van der Waals surface area contributed by atoms with Gasteiger partial charge in [-0.2, -0.15) is 0 Å². The van der Waals surface area contributed by atoms with E-state index in [2.05, 4.69) is 72.0 Å². The monoisotopic (exact) mass is 525 g/mol. The van der Waals surface area contributed by atoms with Crippen molar-refractivity contribution in [3.05, 3.63) is 102 Å². The van der Waals surface area contributed by atoms with Crippen molar-refractivity contribution < 1.29 is 18.9 Å². The number of ether oxygens (including phenoxy) is 4. The number of benzene rings is 4. The SMILES string of the molecule is COc1cc(COC2NCCCC2c2ccc(OCCCCc3ccccc3)cc2)c(OC)c2ccccc12. The predicted molar refractivity (Wildman–Crippen MR) is 157 cm³/mol. The quantitative estimate of drug-likeness (QED) is 0.197. The maximum Gasteiger partial charge on any atom is 0.132 e. The molecule has 5 nitrogen and oxygen atoms in total. The molecule has 0 saturated carbocycles. The van der Waals surface area contributed by atoms with Crippen LogP contribution in [0.15, 0.2) is 84.9 Å². The molecule has 0 aliphatic carbocycles. The van der Waals surface area contributed by atoms with E-state index in [-0.39, 0.29) is 12.1 Å². The molecule has 2 unspecified atom stereocenters. The molecule has 2 atom stereocenters. The Balaban J connectivity index is 1.19. The summed E-state index contributed by atoms with van der Waals surface area (Å²) in [6.07, 6.45) is 5.39. The molecule has 1 N–H and O–H groups in total. The smallest absolute Gasteiger partial charge is 0.132 e. The summed E-state index contributed by atoms with van der Waals surface area (Å²) in [6.45, 7) is 2.12. The molecule has 0 amide bonds. The van der Waals surface area contributed by atoms with Gasteiger partial charge in [-0.1, -0.05) is 66.7 Å². The summed E-state index contributed by atoms with van der Waals surface area (Å²) >= 11 is 0. The summed E-state index contributed by atoms with van der Waals surface area (Å²) in [5.74, 6) is 2.86. The first-order valence-corrected chi connectivity index (χ1v) is 14.0. The summed E-state index contributed by atoms with van der Waals surface area (Å²) in [5.41, 5.74) is 3.64. The van der Waals surface area contributed by atoms with Crippen molar-refractivity contribution in [2.45, 2.75) is 50.9 Å².